The molecule has 1 aromatic carbocycles. The number of aromatic nitrogens is 3. The van der Waals surface area contributed by atoms with E-state index in [4.69, 9.17) is 0 Å². The zero-order valence-electron chi connectivity index (χ0n) is 11.0. The Balaban J connectivity index is 1.86. The number of H-pyrrole nitrogens is 1. The average Bonchev–Trinajstić information content (AvgIpc) is 2.88. The molecule has 1 atom stereocenters. The Hall–Kier alpha value is -0.920. The molecule has 5 nitrogen and oxygen atoms in total. The van der Waals surface area contributed by atoms with Crippen LogP contribution in [0.1, 0.15) is 6.92 Å². The molecule has 1 aromatic heterocycles. The van der Waals surface area contributed by atoms with E-state index in [2.05, 4.69) is 64.2 Å². The average molecular weight is 401 g/mol. The summed E-state index contributed by atoms with van der Waals surface area (Å²) < 4.78 is 2.02. The van der Waals surface area contributed by atoms with Crippen molar-refractivity contribution in [3.63, 3.8) is 0 Å². The number of aromatic amines is 1. The summed E-state index contributed by atoms with van der Waals surface area (Å²) in [4.78, 5) is 6.82. The van der Waals surface area contributed by atoms with E-state index in [1.54, 1.807) is 0 Å². The quantitative estimate of drug-likeness (QED) is 0.813. The SMILES string of the molecule is C[C@@H]1CN(c2n[nH]c(-c3ccc(Br)cc3Br)n2)CCN1. The molecule has 7 heteroatoms. The lowest BCUT2D eigenvalue weighted by molar-refractivity contribution is 0.480. The van der Waals surface area contributed by atoms with Crippen molar-refractivity contribution >= 4 is 37.8 Å². The van der Waals surface area contributed by atoms with Gasteiger partial charge in [0.25, 0.3) is 0 Å². The van der Waals surface area contributed by atoms with E-state index in [1.807, 2.05) is 18.2 Å². The van der Waals surface area contributed by atoms with Crippen LogP contribution in [0.2, 0.25) is 0 Å². The van der Waals surface area contributed by atoms with Gasteiger partial charge in [-0.25, -0.2) is 0 Å². The second-order valence-corrected chi connectivity index (χ2v) is 6.68. The number of anilines is 1. The molecule has 2 aromatic rings. The smallest absolute Gasteiger partial charge is 0.245 e. The molecule has 0 amide bonds. The van der Waals surface area contributed by atoms with Crippen LogP contribution < -0.4 is 10.2 Å². The van der Waals surface area contributed by atoms with Crippen molar-refractivity contribution in [1.29, 1.82) is 0 Å². The van der Waals surface area contributed by atoms with Gasteiger partial charge in [0.2, 0.25) is 5.95 Å². The number of rotatable bonds is 2. The Morgan fingerprint density at radius 2 is 2.20 bits per heavy atom. The third-order valence-corrected chi connectivity index (χ3v) is 4.46. The minimum atomic E-state index is 0.463. The molecule has 0 unspecified atom stereocenters. The molecule has 2 heterocycles. The summed E-state index contributed by atoms with van der Waals surface area (Å²) in [7, 11) is 0. The van der Waals surface area contributed by atoms with Crippen LogP contribution in [0.15, 0.2) is 27.1 Å². The lowest BCUT2D eigenvalue weighted by Gasteiger charge is -2.30. The molecular formula is C13H15Br2N5. The van der Waals surface area contributed by atoms with Crippen molar-refractivity contribution in [2.24, 2.45) is 0 Å². The van der Waals surface area contributed by atoms with Gasteiger partial charge in [0.1, 0.15) is 0 Å². The fourth-order valence-electron chi connectivity index (χ4n) is 2.31. The third-order valence-electron chi connectivity index (χ3n) is 3.31. The molecule has 0 aliphatic carbocycles. The van der Waals surface area contributed by atoms with Gasteiger partial charge < -0.3 is 10.2 Å². The van der Waals surface area contributed by atoms with Gasteiger partial charge in [-0.3, -0.25) is 5.10 Å². The first-order valence-corrected chi connectivity index (χ1v) is 8.08. The Labute approximate surface area is 134 Å². The molecule has 2 N–H and O–H groups in total. The maximum atomic E-state index is 4.62. The highest BCUT2D eigenvalue weighted by Crippen LogP contribution is 2.29. The zero-order chi connectivity index (χ0) is 14.1. The molecule has 3 rings (SSSR count). The van der Waals surface area contributed by atoms with Crippen LogP contribution in [0.5, 0.6) is 0 Å². The van der Waals surface area contributed by atoms with Crippen LogP contribution in [-0.2, 0) is 0 Å². The van der Waals surface area contributed by atoms with E-state index >= 15 is 0 Å². The van der Waals surface area contributed by atoms with Crippen LogP contribution in [0.25, 0.3) is 11.4 Å². The predicted molar refractivity (Wildman–Crippen MR) is 86.9 cm³/mol. The molecule has 1 fully saturated rings. The zero-order valence-corrected chi connectivity index (χ0v) is 14.2. The summed E-state index contributed by atoms with van der Waals surface area (Å²) in [6, 6.07) is 6.48. The topological polar surface area (TPSA) is 56.8 Å². The van der Waals surface area contributed by atoms with Gasteiger partial charge >= 0.3 is 0 Å². The van der Waals surface area contributed by atoms with Gasteiger partial charge in [0.15, 0.2) is 5.82 Å². The van der Waals surface area contributed by atoms with Gasteiger partial charge in [-0.15, -0.1) is 5.10 Å². The Kier molecular flexibility index (Phi) is 4.09. The number of halogens is 2. The summed E-state index contributed by atoms with van der Waals surface area (Å²) in [5.41, 5.74) is 1.01. The first-order chi connectivity index (χ1) is 9.63. The highest BCUT2D eigenvalue weighted by atomic mass is 79.9. The first kappa shape index (κ1) is 14.0. The molecule has 0 saturated carbocycles. The number of nitrogens with zero attached hydrogens (tertiary/aromatic N) is 3. The van der Waals surface area contributed by atoms with E-state index < -0.39 is 0 Å². The second-order valence-electron chi connectivity index (χ2n) is 4.91. The standard InChI is InChI=1S/C13H15Br2N5/c1-8-7-20(5-4-16-8)13-17-12(18-19-13)10-3-2-9(14)6-11(10)15/h2-3,6,8,16H,4-5,7H2,1H3,(H,17,18,19)/t8-/m1/s1. The molecule has 20 heavy (non-hydrogen) atoms. The van der Waals surface area contributed by atoms with Crippen LogP contribution in [0.3, 0.4) is 0 Å². The van der Waals surface area contributed by atoms with Crippen molar-refractivity contribution in [2.45, 2.75) is 13.0 Å². The van der Waals surface area contributed by atoms with E-state index in [1.165, 1.54) is 0 Å². The molecular weight excluding hydrogens is 386 g/mol. The number of benzene rings is 1. The minimum Gasteiger partial charge on any atom is -0.337 e. The molecule has 1 saturated heterocycles. The summed E-state index contributed by atoms with van der Waals surface area (Å²) >= 11 is 7.01. The Morgan fingerprint density at radius 3 is 2.95 bits per heavy atom. The summed E-state index contributed by atoms with van der Waals surface area (Å²) in [5, 5.41) is 10.8. The number of nitrogens with one attached hydrogen (secondary N) is 2. The van der Waals surface area contributed by atoms with Crippen molar-refractivity contribution in [3.8, 4) is 11.4 Å². The maximum absolute atomic E-state index is 4.62. The lowest BCUT2D eigenvalue weighted by atomic mass is 10.2. The number of hydrogen-bond donors (Lipinski definition) is 2. The van der Waals surface area contributed by atoms with Gasteiger partial charge in [0.05, 0.1) is 0 Å². The number of hydrogen-bond acceptors (Lipinski definition) is 4. The maximum Gasteiger partial charge on any atom is 0.245 e. The molecule has 106 valence electrons. The predicted octanol–water partition coefficient (Wildman–Crippen LogP) is 2.79. The van der Waals surface area contributed by atoms with E-state index in [0.29, 0.717) is 6.04 Å². The summed E-state index contributed by atoms with van der Waals surface area (Å²) in [5.74, 6) is 1.55. The van der Waals surface area contributed by atoms with Gasteiger partial charge in [-0.1, -0.05) is 15.9 Å². The third kappa shape index (κ3) is 2.89. The molecule has 1 aliphatic heterocycles. The minimum absolute atomic E-state index is 0.463. The van der Waals surface area contributed by atoms with Crippen molar-refractivity contribution in [3.05, 3.63) is 27.1 Å². The largest absolute Gasteiger partial charge is 0.337 e. The van der Waals surface area contributed by atoms with Crippen LogP contribution >= 0.6 is 31.9 Å². The van der Waals surface area contributed by atoms with Gasteiger partial charge in [0, 0.05) is 40.2 Å². The second kappa shape index (κ2) is 5.83. The fraction of sp³-hybridized carbons (Fsp3) is 0.385. The molecule has 0 radical (unpaired) electrons. The molecule has 0 bridgehead atoms. The van der Waals surface area contributed by atoms with Crippen molar-refractivity contribution in [1.82, 2.24) is 20.5 Å². The van der Waals surface area contributed by atoms with Crippen LogP contribution in [0, 0.1) is 0 Å². The summed E-state index contributed by atoms with van der Waals surface area (Å²) in [6.45, 7) is 5.00. The Morgan fingerprint density at radius 1 is 1.35 bits per heavy atom. The van der Waals surface area contributed by atoms with Crippen LogP contribution in [0.4, 0.5) is 5.95 Å². The highest BCUT2D eigenvalue weighted by molar-refractivity contribution is 9.11. The van der Waals surface area contributed by atoms with Crippen molar-refractivity contribution in [2.75, 3.05) is 24.5 Å². The monoisotopic (exact) mass is 399 g/mol. The molecule has 0 spiro atoms. The Bertz CT molecular complexity index is 613. The van der Waals surface area contributed by atoms with Gasteiger partial charge in [-0.05, 0) is 41.1 Å². The normalized spacial score (nSPS) is 19.4. The lowest BCUT2D eigenvalue weighted by Crippen LogP contribution is -2.49. The fourth-order valence-corrected chi connectivity index (χ4v) is 3.55. The van der Waals surface area contributed by atoms with E-state index in [-0.39, 0.29) is 0 Å². The first-order valence-electron chi connectivity index (χ1n) is 6.49. The van der Waals surface area contributed by atoms with E-state index in [0.717, 1.165) is 45.9 Å². The van der Waals surface area contributed by atoms with Crippen LogP contribution in [-0.4, -0.2) is 40.9 Å². The van der Waals surface area contributed by atoms with Crippen molar-refractivity contribution < 1.29 is 0 Å². The highest BCUT2D eigenvalue weighted by Gasteiger charge is 2.20. The molecule has 1 aliphatic rings. The van der Waals surface area contributed by atoms with E-state index in [9.17, 15) is 0 Å². The summed E-state index contributed by atoms with van der Waals surface area (Å²) in [6.07, 6.45) is 0. The van der Waals surface area contributed by atoms with Gasteiger partial charge in [-0.2, -0.15) is 4.98 Å². The number of piperazine rings is 1.